The minimum absolute atomic E-state index is 0.350. The zero-order chi connectivity index (χ0) is 15.7. The first kappa shape index (κ1) is 17.4. The Morgan fingerprint density at radius 3 is 1.05 bits per heavy atom. The quantitative estimate of drug-likeness (QED) is 0.442. The molecule has 0 atom stereocenters. The van der Waals surface area contributed by atoms with E-state index in [4.69, 9.17) is 19.6 Å². The van der Waals surface area contributed by atoms with Gasteiger partial charge < -0.3 is 0 Å². The molecule has 0 saturated heterocycles. The Kier molecular flexibility index (Phi) is 4.87. The third-order valence-corrected chi connectivity index (χ3v) is 2.43. The van der Waals surface area contributed by atoms with Crippen LogP contribution in [0.5, 0.6) is 0 Å². The predicted molar refractivity (Wildman–Crippen MR) is 78.9 cm³/mol. The van der Waals surface area contributed by atoms with Crippen LogP contribution >= 0.6 is 0 Å². The smallest absolute Gasteiger partial charge is 0.137 e. The molecule has 0 aromatic rings. The average Bonchev–Trinajstić information content (AvgIpc) is 2.28. The van der Waals surface area contributed by atoms with Crippen molar-refractivity contribution in [2.24, 2.45) is 0 Å². The molecule has 0 spiro atoms. The molecule has 20 heavy (non-hydrogen) atoms. The lowest BCUT2D eigenvalue weighted by atomic mass is 9.92. The van der Waals surface area contributed by atoms with Crippen LogP contribution in [0, 0.1) is 0 Å². The van der Waals surface area contributed by atoms with Gasteiger partial charge in [-0.05, 0) is 79.7 Å². The van der Waals surface area contributed by atoms with Gasteiger partial charge in [0.1, 0.15) is 11.2 Å². The summed E-state index contributed by atoms with van der Waals surface area (Å²) in [6.45, 7) is 15.5. The largest absolute Gasteiger partial charge is 0.230 e. The van der Waals surface area contributed by atoms with Crippen LogP contribution in [0.25, 0.3) is 0 Å². The Morgan fingerprint density at radius 2 is 0.850 bits per heavy atom. The first-order valence-corrected chi connectivity index (χ1v) is 6.97. The van der Waals surface area contributed by atoms with E-state index in [-0.39, 0.29) is 11.2 Å². The molecule has 116 valence electrons. The predicted octanol–water partition coefficient (Wildman–Crippen LogP) is 4.12. The van der Waals surface area contributed by atoms with Gasteiger partial charge >= 0.3 is 0 Å². The molecule has 1 rings (SSSR count). The Labute approximate surface area is 122 Å². The maximum Gasteiger partial charge on any atom is 0.137 e. The van der Waals surface area contributed by atoms with Gasteiger partial charge in [-0.2, -0.15) is 0 Å². The van der Waals surface area contributed by atoms with Gasteiger partial charge in [-0.15, -0.1) is 0 Å². The van der Waals surface area contributed by atoms with Crippen LogP contribution in [-0.2, 0) is 19.6 Å². The lowest BCUT2D eigenvalue weighted by Crippen LogP contribution is -2.37. The van der Waals surface area contributed by atoms with Crippen LogP contribution in [0.1, 0.15) is 55.4 Å². The fourth-order valence-corrected chi connectivity index (χ4v) is 1.31. The van der Waals surface area contributed by atoms with Gasteiger partial charge in [0.25, 0.3) is 0 Å². The molecule has 0 amide bonds. The standard InChI is InChI=1S/C16H28O4/c1-13(2,3)17-19-15(7)9-11-16(8,12-10-15)20-18-14(4,5)6/h9-12H,1-8H3. The summed E-state index contributed by atoms with van der Waals surface area (Å²) in [5, 5.41) is 0. The molecule has 4 heteroatoms. The van der Waals surface area contributed by atoms with E-state index >= 15 is 0 Å². The second kappa shape index (κ2) is 5.60. The summed E-state index contributed by atoms with van der Waals surface area (Å²) in [5.41, 5.74) is -1.90. The van der Waals surface area contributed by atoms with Crippen molar-refractivity contribution in [1.29, 1.82) is 0 Å². The number of hydrogen-bond acceptors (Lipinski definition) is 4. The van der Waals surface area contributed by atoms with E-state index in [0.29, 0.717) is 0 Å². The van der Waals surface area contributed by atoms with Crippen LogP contribution in [0.4, 0.5) is 0 Å². The van der Waals surface area contributed by atoms with Crippen molar-refractivity contribution < 1.29 is 19.6 Å². The van der Waals surface area contributed by atoms with Crippen molar-refractivity contribution in [3.8, 4) is 0 Å². The van der Waals surface area contributed by atoms with Crippen LogP contribution in [0.15, 0.2) is 24.3 Å². The molecule has 0 N–H and O–H groups in total. The Hall–Kier alpha value is -0.680. The highest BCUT2D eigenvalue weighted by Crippen LogP contribution is 2.29. The fraction of sp³-hybridized carbons (Fsp3) is 0.750. The first-order valence-electron chi connectivity index (χ1n) is 6.97. The fourth-order valence-electron chi connectivity index (χ4n) is 1.31. The van der Waals surface area contributed by atoms with E-state index < -0.39 is 11.2 Å². The molecule has 0 unspecified atom stereocenters. The monoisotopic (exact) mass is 284 g/mol. The average molecular weight is 284 g/mol. The molecule has 0 heterocycles. The normalized spacial score (nSPS) is 30.8. The third kappa shape index (κ3) is 6.18. The second-order valence-electron chi connectivity index (χ2n) is 7.59. The zero-order valence-electron chi connectivity index (χ0n) is 13.9. The highest BCUT2D eigenvalue weighted by Gasteiger charge is 2.33. The van der Waals surface area contributed by atoms with Crippen molar-refractivity contribution in [3.63, 3.8) is 0 Å². The molecule has 0 radical (unpaired) electrons. The molecule has 0 fully saturated rings. The van der Waals surface area contributed by atoms with E-state index in [1.54, 1.807) is 0 Å². The SMILES string of the molecule is CC(C)(C)OOC1(C)C=CC(C)(OOC(C)(C)C)C=C1. The molecule has 0 bridgehead atoms. The summed E-state index contributed by atoms with van der Waals surface area (Å²) in [7, 11) is 0. The highest BCUT2D eigenvalue weighted by atomic mass is 17.2. The van der Waals surface area contributed by atoms with Crippen LogP contribution in [-0.4, -0.2) is 22.4 Å². The molecule has 0 aromatic carbocycles. The van der Waals surface area contributed by atoms with E-state index in [0.717, 1.165) is 0 Å². The lowest BCUT2D eigenvalue weighted by molar-refractivity contribution is -0.387. The van der Waals surface area contributed by atoms with Gasteiger partial charge in [0.15, 0.2) is 0 Å². The molecule has 1 aliphatic rings. The van der Waals surface area contributed by atoms with E-state index in [1.807, 2.05) is 79.7 Å². The van der Waals surface area contributed by atoms with Crippen molar-refractivity contribution in [1.82, 2.24) is 0 Å². The van der Waals surface area contributed by atoms with Gasteiger partial charge in [-0.25, -0.2) is 19.6 Å². The van der Waals surface area contributed by atoms with E-state index in [2.05, 4.69) is 0 Å². The second-order valence-corrected chi connectivity index (χ2v) is 7.59. The maximum absolute atomic E-state index is 5.50. The third-order valence-electron chi connectivity index (χ3n) is 2.43. The molecule has 0 saturated carbocycles. The topological polar surface area (TPSA) is 36.9 Å². The van der Waals surface area contributed by atoms with Gasteiger partial charge in [0.05, 0.1) is 11.2 Å². The van der Waals surface area contributed by atoms with Crippen LogP contribution < -0.4 is 0 Å². The summed E-state index contributed by atoms with van der Waals surface area (Å²) >= 11 is 0. The van der Waals surface area contributed by atoms with E-state index in [1.165, 1.54) is 0 Å². The van der Waals surface area contributed by atoms with Gasteiger partial charge in [-0.1, -0.05) is 0 Å². The van der Waals surface area contributed by atoms with E-state index in [9.17, 15) is 0 Å². The molecule has 4 nitrogen and oxygen atoms in total. The highest BCUT2D eigenvalue weighted by molar-refractivity contribution is 5.27. The summed E-state index contributed by atoms with van der Waals surface area (Å²) < 4.78 is 0. The number of rotatable bonds is 4. The van der Waals surface area contributed by atoms with Crippen molar-refractivity contribution in [3.05, 3.63) is 24.3 Å². The Bertz CT molecular complexity index is 332. The summed E-state index contributed by atoms with van der Waals surface area (Å²) in [4.78, 5) is 21.8. The minimum atomic E-state index is -0.599. The van der Waals surface area contributed by atoms with Crippen molar-refractivity contribution >= 4 is 0 Å². The lowest BCUT2D eigenvalue weighted by Gasteiger charge is -2.33. The Morgan fingerprint density at radius 1 is 0.600 bits per heavy atom. The summed E-state index contributed by atoms with van der Waals surface area (Å²) in [6, 6.07) is 0. The van der Waals surface area contributed by atoms with Gasteiger partial charge in [0, 0.05) is 0 Å². The van der Waals surface area contributed by atoms with Crippen LogP contribution in [0.2, 0.25) is 0 Å². The Balaban J connectivity index is 2.62. The first-order chi connectivity index (χ1) is 8.83. The number of hydrogen-bond donors (Lipinski definition) is 0. The molecular formula is C16H28O4. The van der Waals surface area contributed by atoms with Gasteiger partial charge in [-0.3, -0.25) is 0 Å². The van der Waals surface area contributed by atoms with Crippen LogP contribution in [0.3, 0.4) is 0 Å². The molecule has 0 aromatic heterocycles. The molecular weight excluding hydrogens is 256 g/mol. The maximum atomic E-state index is 5.50. The summed E-state index contributed by atoms with van der Waals surface area (Å²) in [6.07, 6.45) is 7.63. The van der Waals surface area contributed by atoms with Crippen molar-refractivity contribution in [2.45, 2.75) is 77.8 Å². The summed E-state index contributed by atoms with van der Waals surface area (Å²) in [5.74, 6) is 0. The minimum Gasteiger partial charge on any atom is -0.230 e. The molecule has 1 aliphatic carbocycles. The van der Waals surface area contributed by atoms with Crippen molar-refractivity contribution in [2.75, 3.05) is 0 Å². The van der Waals surface area contributed by atoms with Gasteiger partial charge in [0.2, 0.25) is 0 Å². The zero-order valence-corrected chi connectivity index (χ0v) is 13.9. The molecule has 0 aliphatic heterocycles.